The van der Waals surface area contributed by atoms with Gasteiger partial charge in [-0.1, -0.05) is 6.07 Å². The molecule has 0 unspecified atom stereocenters. The number of hydrogen-bond donors (Lipinski definition) is 1. The number of aryl methyl sites for hydroxylation is 2. The van der Waals surface area contributed by atoms with Crippen molar-refractivity contribution in [1.29, 1.82) is 5.26 Å². The second kappa shape index (κ2) is 7.11. The molecule has 0 spiro atoms. The molecule has 0 aliphatic heterocycles. The van der Waals surface area contributed by atoms with E-state index in [4.69, 9.17) is 4.42 Å². The van der Waals surface area contributed by atoms with E-state index in [-0.39, 0.29) is 5.57 Å². The number of nitrogens with zero attached hydrogens (tertiary/aromatic N) is 1. The molecule has 0 aliphatic carbocycles. The van der Waals surface area contributed by atoms with Crippen LogP contribution in [0.2, 0.25) is 0 Å². The van der Waals surface area contributed by atoms with Crippen LogP contribution in [-0.4, -0.2) is 5.91 Å². The lowest BCUT2D eigenvalue weighted by atomic mass is 10.1. The maximum atomic E-state index is 12.2. The van der Waals surface area contributed by atoms with Crippen LogP contribution in [0.5, 0.6) is 0 Å². The zero-order chi connectivity index (χ0) is 16.3. The Morgan fingerprint density at radius 1 is 1.32 bits per heavy atom. The number of halogens is 2. The highest BCUT2D eigenvalue weighted by atomic mass is 127. The lowest BCUT2D eigenvalue weighted by Crippen LogP contribution is -2.13. The number of rotatable bonds is 3. The summed E-state index contributed by atoms with van der Waals surface area (Å²) in [6.07, 6.45) is 1.42. The molecule has 4 nitrogen and oxygen atoms in total. The second-order valence-corrected chi connectivity index (χ2v) is 6.60. The molecule has 112 valence electrons. The summed E-state index contributed by atoms with van der Waals surface area (Å²) in [5.74, 6) is -0.0153. The zero-order valence-electron chi connectivity index (χ0n) is 11.9. The minimum atomic E-state index is -0.463. The summed E-state index contributed by atoms with van der Waals surface area (Å²) in [7, 11) is 0. The van der Waals surface area contributed by atoms with Crippen LogP contribution in [-0.2, 0) is 4.79 Å². The summed E-state index contributed by atoms with van der Waals surface area (Å²) in [6.45, 7) is 3.90. The van der Waals surface area contributed by atoms with Crippen LogP contribution >= 0.6 is 38.5 Å². The molecule has 2 rings (SSSR count). The van der Waals surface area contributed by atoms with Gasteiger partial charge in [-0.15, -0.1) is 0 Å². The van der Waals surface area contributed by atoms with Gasteiger partial charge in [0.05, 0.1) is 4.47 Å². The molecule has 0 fully saturated rings. The van der Waals surface area contributed by atoms with Crippen molar-refractivity contribution in [2.24, 2.45) is 0 Å². The van der Waals surface area contributed by atoms with Crippen LogP contribution < -0.4 is 5.32 Å². The molecular formula is C16H12BrIN2O2. The van der Waals surface area contributed by atoms with Crippen LogP contribution in [0.3, 0.4) is 0 Å². The lowest BCUT2D eigenvalue weighted by molar-refractivity contribution is -0.112. The first-order valence-corrected chi connectivity index (χ1v) is 8.22. The summed E-state index contributed by atoms with van der Waals surface area (Å²) in [5, 5.41) is 11.9. The summed E-state index contributed by atoms with van der Waals surface area (Å²) in [4.78, 5) is 12.2. The summed E-state index contributed by atoms with van der Waals surface area (Å²) in [6, 6.07) is 9.33. The minimum absolute atomic E-state index is 0.0168. The van der Waals surface area contributed by atoms with E-state index in [0.29, 0.717) is 15.2 Å². The zero-order valence-corrected chi connectivity index (χ0v) is 15.6. The third-order valence-corrected chi connectivity index (χ3v) is 4.93. The number of anilines is 1. The molecule has 0 saturated heterocycles. The number of benzene rings is 1. The molecule has 0 bridgehead atoms. The molecule has 0 radical (unpaired) electrons. The van der Waals surface area contributed by atoms with Crippen molar-refractivity contribution in [1.82, 2.24) is 0 Å². The van der Waals surface area contributed by atoms with Gasteiger partial charge >= 0.3 is 0 Å². The van der Waals surface area contributed by atoms with Crippen LogP contribution in [0.25, 0.3) is 6.08 Å². The second-order valence-electron chi connectivity index (χ2n) is 4.77. The van der Waals surface area contributed by atoms with Crippen molar-refractivity contribution < 1.29 is 9.21 Å². The predicted molar refractivity (Wildman–Crippen MR) is 97.3 cm³/mol. The monoisotopic (exact) mass is 470 g/mol. The van der Waals surface area contributed by atoms with Crippen molar-refractivity contribution in [2.45, 2.75) is 13.8 Å². The van der Waals surface area contributed by atoms with Gasteiger partial charge in [0, 0.05) is 34.4 Å². The van der Waals surface area contributed by atoms with Crippen LogP contribution in [0.4, 0.5) is 5.69 Å². The first-order valence-electron chi connectivity index (χ1n) is 6.35. The quantitative estimate of drug-likeness (QED) is 0.397. The number of carbonyl (C=O) groups excluding carboxylic acids is 1. The predicted octanol–water partition coefficient (Wildman–Crippen LogP) is 4.81. The molecule has 0 saturated carbocycles. The molecule has 0 atom stereocenters. The van der Waals surface area contributed by atoms with Gasteiger partial charge in [0.1, 0.15) is 17.4 Å². The molecule has 1 amide bonds. The van der Waals surface area contributed by atoms with E-state index in [9.17, 15) is 10.1 Å². The number of amides is 1. The van der Waals surface area contributed by atoms with Gasteiger partial charge in [-0.2, -0.15) is 5.26 Å². The van der Waals surface area contributed by atoms with E-state index in [1.54, 1.807) is 6.07 Å². The van der Waals surface area contributed by atoms with Gasteiger partial charge in [0.2, 0.25) is 0 Å². The molecule has 2 aromatic rings. The van der Waals surface area contributed by atoms with E-state index in [0.717, 1.165) is 15.6 Å². The van der Waals surface area contributed by atoms with Crippen LogP contribution in [0, 0.1) is 28.9 Å². The van der Waals surface area contributed by atoms with Gasteiger partial charge in [0.15, 0.2) is 3.77 Å². The first kappa shape index (κ1) is 16.8. The SMILES string of the molecule is Cc1cc(C)cc(NC(=O)/C(C#N)=C\c2cc(Br)c(I)o2)c1. The van der Waals surface area contributed by atoms with Crippen molar-refractivity contribution in [3.05, 3.63) is 55.0 Å². The number of furan rings is 1. The minimum Gasteiger partial charge on any atom is -0.450 e. The number of carbonyl (C=O) groups is 1. The fourth-order valence-electron chi connectivity index (χ4n) is 1.97. The summed E-state index contributed by atoms with van der Waals surface area (Å²) >= 11 is 5.34. The summed E-state index contributed by atoms with van der Waals surface area (Å²) < 4.78 is 6.86. The molecule has 6 heteroatoms. The van der Waals surface area contributed by atoms with Crippen molar-refractivity contribution in [3.63, 3.8) is 0 Å². The highest BCUT2D eigenvalue weighted by molar-refractivity contribution is 14.1. The van der Waals surface area contributed by atoms with Crippen LogP contribution in [0.15, 0.2) is 38.7 Å². The average molecular weight is 471 g/mol. The normalized spacial score (nSPS) is 11.1. The molecule has 1 heterocycles. The van der Waals surface area contributed by atoms with Crippen molar-refractivity contribution in [3.8, 4) is 6.07 Å². The smallest absolute Gasteiger partial charge is 0.266 e. The molecule has 22 heavy (non-hydrogen) atoms. The molecular weight excluding hydrogens is 459 g/mol. The van der Waals surface area contributed by atoms with E-state index >= 15 is 0 Å². The number of nitrogens with one attached hydrogen (secondary N) is 1. The first-order chi connectivity index (χ1) is 10.4. The Morgan fingerprint density at radius 3 is 2.45 bits per heavy atom. The maximum absolute atomic E-state index is 12.2. The Morgan fingerprint density at radius 2 is 1.95 bits per heavy atom. The maximum Gasteiger partial charge on any atom is 0.266 e. The Kier molecular flexibility index (Phi) is 5.42. The molecule has 1 aromatic heterocycles. The third kappa shape index (κ3) is 4.21. The highest BCUT2D eigenvalue weighted by Gasteiger charge is 2.12. The largest absolute Gasteiger partial charge is 0.450 e. The lowest BCUT2D eigenvalue weighted by Gasteiger charge is -2.06. The van der Waals surface area contributed by atoms with Crippen molar-refractivity contribution in [2.75, 3.05) is 5.32 Å². The van der Waals surface area contributed by atoms with Gasteiger partial charge in [-0.25, -0.2) is 0 Å². The number of hydrogen-bond acceptors (Lipinski definition) is 3. The van der Waals surface area contributed by atoms with E-state index in [1.807, 2.05) is 60.7 Å². The molecule has 0 aliphatic rings. The van der Waals surface area contributed by atoms with Crippen LogP contribution in [0.1, 0.15) is 16.9 Å². The Balaban J connectivity index is 2.24. The van der Waals surface area contributed by atoms with E-state index in [1.165, 1.54) is 6.08 Å². The van der Waals surface area contributed by atoms with Gasteiger partial charge < -0.3 is 9.73 Å². The van der Waals surface area contributed by atoms with Crippen molar-refractivity contribution >= 4 is 56.2 Å². The van der Waals surface area contributed by atoms with E-state index in [2.05, 4.69) is 21.2 Å². The topological polar surface area (TPSA) is 66.0 Å². The van der Waals surface area contributed by atoms with Gasteiger partial charge in [-0.3, -0.25) is 4.79 Å². The average Bonchev–Trinajstić information content (AvgIpc) is 2.73. The Hall–Kier alpha value is -1.59. The van der Waals surface area contributed by atoms with E-state index < -0.39 is 5.91 Å². The Bertz CT molecular complexity index is 763. The summed E-state index contributed by atoms with van der Waals surface area (Å²) in [5.41, 5.74) is 2.74. The fourth-order valence-corrected chi connectivity index (χ4v) is 2.69. The fraction of sp³-hybridized carbons (Fsp3) is 0.125. The van der Waals surface area contributed by atoms with Gasteiger partial charge in [0.25, 0.3) is 5.91 Å². The molecule has 1 N–H and O–H groups in total. The number of nitriles is 1. The molecule has 1 aromatic carbocycles. The Labute approximate surface area is 150 Å². The third-order valence-electron chi connectivity index (χ3n) is 2.80. The standard InChI is InChI=1S/C16H12BrIN2O2/c1-9-3-10(2)5-12(4-9)20-16(21)11(8-19)6-13-7-14(17)15(18)22-13/h3-7H,1-2H3,(H,20,21)/b11-6-. The van der Waals surface area contributed by atoms with Gasteiger partial charge in [-0.05, 0) is 59.1 Å². The highest BCUT2D eigenvalue weighted by Crippen LogP contribution is 2.24.